The van der Waals surface area contributed by atoms with Crippen molar-refractivity contribution in [1.82, 2.24) is 4.98 Å². The van der Waals surface area contributed by atoms with Crippen LogP contribution in [0.15, 0.2) is 109 Å². The largest absolute Gasteiger partial charge is 0.373 e. The van der Waals surface area contributed by atoms with Crippen molar-refractivity contribution in [2.45, 2.75) is 13.3 Å². The van der Waals surface area contributed by atoms with E-state index in [0.29, 0.717) is 23.3 Å². The Morgan fingerprint density at radius 1 is 1.00 bits per heavy atom. The Morgan fingerprint density at radius 3 is 2.27 bits per heavy atom. The Labute approximate surface area is 195 Å². The van der Waals surface area contributed by atoms with Crippen molar-refractivity contribution in [3.05, 3.63) is 115 Å². The summed E-state index contributed by atoms with van der Waals surface area (Å²) in [6.45, 7) is 9.23. The van der Waals surface area contributed by atoms with Crippen molar-refractivity contribution in [3.63, 3.8) is 0 Å². The Kier molecular flexibility index (Phi) is 10.0. The fraction of sp³-hybridized carbons (Fsp3) is 0.107. The van der Waals surface area contributed by atoms with Crippen LogP contribution in [0.1, 0.15) is 12.5 Å². The molecule has 0 saturated carbocycles. The number of pyridine rings is 1. The topological polar surface area (TPSA) is 71.1 Å². The number of carbonyl (C=O) groups excluding carboxylic acids is 2. The zero-order chi connectivity index (χ0) is 24.1. The first-order valence-corrected chi connectivity index (χ1v) is 10.5. The van der Waals surface area contributed by atoms with Crippen molar-refractivity contribution in [2.75, 3.05) is 17.7 Å². The molecule has 1 heterocycles. The van der Waals surface area contributed by atoms with Gasteiger partial charge in [0.1, 0.15) is 12.1 Å². The zero-order valence-corrected chi connectivity index (χ0v) is 19.0. The quantitative estimate of drug-likeness (QED) is 0.263. The van der Waals surface area contributed by atoms with E-state index in [2.05, 4.69) is 28.8 Å². The van der Waals surface area contributed by atoms with Crippen LogP contribution in [0, 0.1) is 0 Å². The van der Waals surface area contributed by atoms with Crippen LogP contribution >= 0.6 is 0 Å². The van der Waals surface area contributed by atoms with E-state index in [4.69, 9.17) is 0 Å². The maximum atomic E-state index is 12.3. The highest BCUT2D eigenvalue weighted by atomic mass is 16.1. The van der Waals surface area contributed by atoms with E-state index in [1.807, 2.05) is 79.8 Å². The van der Waals surface area contributed by atoms with Gasteiger partial charge in [0.25, 0.3) is 5.91 Å². The number of amides is 1. The van der Waals surface area contributed by atoms with E-state index in [0.717, 1.165) is 28.9 Å². The molecule has 0 aliphatic rings. The van der Waals surface area contributed by atoms with Gasteiger partial charge in [-0.05, 0) is 48.4 Å². The molecule has 0 aliphatic heterocycles. The molecule has 3 aromatic rings. The maximum Gasteiger partial charge on any atom is 0.255 e. The van der Waals surface area contributed by atoms with Crippen molar-refractivity contribution in [1.29, 1.82) is 0 Å². The molecule has 2 N–H and O–H groups in total. The predicted octanol–water partition coefficient (Wildman–Crippen LogP) is 5.85. The molecule has 3 rings (SSSR count). The third-order valence-electron chi connectivity index (χ3n) is 4.59. The SMILES string of the molecule is C=C/C=C(\C(=C)C)C(=O)Nc1ccc(-c2cccc(NC)n2)cc1.O=CCc1ccccc1. The molecule has 0 atom stereocenters. The average molecular weight is 440 g/mol. The summed E-state index contributed by atoms with van der Waals surface area (Å²) in [5.74, 6) is 0.607. The Morgan fingerprint density at radius 2 is 1.70 bits per heavy atom. The molecule has 5 heteroatoms. The molecule has 0 radical (unpaired) electrons. The third-order valence-corrected chi connectivity index (χ3v) is 4.59. The number of nitrogens with zero attached hydrogens (tertiary/aromatic N) is 1. The minimum atomic E-state index is -0.203. The number of aromatic nitrogens is 1. The van der Waals surface area contributed by atoms with Gasteiger partial charge in [-0.2, -0.15) is 0 Å². The normalized spacial score (nSPS) is 10.3. The lowest BCUT2D eigenvalue weighted by atomic mass is 10.1. The number of allylic oxidation sites excluding steroid dienone is 2. The lowest BCUT2D eigenvalue weighted by Gasteiger charge is -2.09. The van der Waals surface area contributed by atoms with E-state index in [1.54, 1.807) is 19.1 Å². The van der Waals surface area contributed by atoms with Gasteiger partial charge in [-0.15, -0.1) is 0 Å². The second kappa shape index (κ2) is 13.2. The first-order valence-electron chi connectivity index (χ1n) is 10.5. The van der Waals surface area contributed by atoms with Gasteiger partial charge in [-0.25, -0.2) is 4.98 Å². The molecule has 0 saturated heterocycles. The highest BCUT2D eigenvalue weighted by molar-refractivity contribution is 6.06. The first kappa shape index (κ1) is 25.0. The monoisotopic (exact) mass is 439 g/mol. The molecule has 33 heavy (non-hydrogen) atoms. The van der Waals surface area contributed by atoms with Crippen LogP contribution in [0.25, 0.3) is 11.3 Å². The van der Waals surface area contributed by atoms with Gasteiger partial charge in [0.2, 0.25) is 0 Å². The number of rotatable bonds is 8. The van der Waals surface area contributed by atoms with Gasteiger partial charge < -0.3 is 15.4 Å². The number of nitrogens with one attached hydrogen (secondary N) is 2. The molecule has 0 spiro atoms. The van der Waals surface area contributed by atoms with Crippen LogP contribution in [0.4, 0.5) is 11.5 Å². The Balaban J connectivity index is 0.000000357. The summed E-state index contributed by atoms with van der Waals surface area (Å²) >= 11 is 0. The molecule has 1 aromatic heterocycles. The first-order chi connectivity index (χ1) is 16.0. The van der Waals surface area contributed by atoms with Crippen LogP contribution < -0.4 is 10.6 Å². The van der Waals surface area contributed by atoms with Crippen LogP contribution in [0.3, 0.4) is 0 Å². The Hall–Kier alpha value is -4.25. The molecular formula is C28H29N3O2. The van der Waals surface area contributed by atoms with E-state index in [1.165, 1.54) is 0 Å². The molecule has 0 aliphatic carbocycles. The van der Waals surface area contributed by atoms with Crippen molar-refractivity contribution in [3.8, 4) is 11.3 Å². The van der Waals surface area contributed by atoms with Gasteiger partial charge in [-0.1, -0.05) is 67.8 Å². The molecule has 0 bridgehead atoms. The number of hydrogen-bond donors (Lipinski definition) is 2. The van der Waals surface area contributed by atoms with Crippen molar-refractivity contribution >= 4 is 23.7 Å². The van der Waals surface area contributed by atoms with E-state index < -0.39 is 0 Å². The summed E-state index contributed by atoms with van der Waals surface area (Å²) in [6, 6.07) is 23.0. The highest BCUT2D eigenvalue weighted by Crippen LogP contribution is 2.21. The molecule has 168 valence electrons. The summed E-state index contributed by atoms with van der Waals surface area (Å²) in [4.78, 5) is 26.7. The number of anilines is 2. The van der Waals surface area contributed by atoms with Gasteiger partial charge >= 0.3 is 0 Å². The van der Waals surface area contributed by atoms with Crippen molar-refractivity contribution < 1.29 is 9.59 Å². The molecule has 0 fully saturated rings. The summed E-state index contributed by atoms with van der Waals surface area (Å²) in [5.41, 5.74) is 4.84. The van der Waals surface area contributed by atoms with Gasteiger partial charge in [0.05, 0.1) is 5.69 Å². The summed E-state index contributed by atoms with van der Waals surface area (Å²) in [5, 5.41) is 5.88. The molecule has 5 nitrogen and oxygen atoms in total. The van der Waals surface area contributed by atoms with Crippen LogP contribution in [0.5, 0.6) is 0 Å². The van der Waals surface area contributed by atoms with E-state index in [-0.39, 0.29) is 5.91 Å². The number of hydrogen-bond acceptors (Lipinski definition) is 4. The van der Waals surface area contributed by atoms with E-state index in [9.17, 15) is 9.59 Å². The van der Waals surface area contributed by atoms with Gasteiger partial charge in [0, 0.05) is 30.3 Å². The summed E-state index contributed by atoms with van der Waals surface area (Å²) in [7, 11) is 1.83. The highest BCUT2D eigenvalue weighted by Gasteiger charge is 2.10. The molecular weight excluding hydrogens is 410 g/mol. The fourth-order valence-corrected chi connectivity index (χ4v) is 2.90. The second-order valence-corrected chi connectivity index (χ2v) is 7.14. The third kappa shape index (κ3) is 8.07. The minimum absolute atomic E-state index is 0.203. The molecule has 0 unspecified atom stereocenters. The smallest absolute Gasteiger partial charge is 0.255 e. The van der Waals surface area contributed by atoms with E-state index >= 15 is 0 Å². The minimum Gasteiger partial charge on any atom is -0.373 e. The fourth-order valence-electron chi connectivity index (χ4n) is 2.90. The second-order valence-electron chi connectivity index (χ2n) is 7.14. The zero-order valence-electron chi connectivity index (χ0n) is 19.0. The number of aldehydes is 1. The summed E-state index contributed by atoms with van der Waals surface area (Å²) < 4.78 is 0. The van der Waals surface area contributed by atoms with Crippen LogP contribution in [-0.4, -0.2) is 24.2 Å². The predicted molar refractivity (Wildman–Crippen MR) is 137 cm³/mol. The van der Waals surface area contributed by atoms with Gasteiger partial charge in [0.15, 0.2) is 0 Å². The van der Waals surface area contributed by atoms with Crippen molar-refractivity contribution in [2.24, 2.45) is 0 Å². The lowest BCUT2D eigenvalue weighted by Crippen LogP contribution is -2.14. The molecule has 2 aromatic carbocycles. The standard InChI is InChI=1S/C20H21N3O.C8H8O/c1-5-7-17(14(2)3)20(24)22-16-12-10-15(11-13-16)18-8-6-9-19(21-4)23-18;9-7-6-8-4-2-1-3-5-8/h5-13H,1-2H2,3-4H3,(H,21,23)(H,22,24);1-5,7H,6H2/b17-7+;. The molecule has 1 amide bonds. The van der Waals surface area contributed by atoms with Crippen LogP contribution in [0.2, 0.25) is 0 Å². The van der Waals surface area contributed by atoms with Crippen LogP contribution in [-0.2, 0) is 16.0 Å². The lowest BCUT2D eigenvalue weighted by molar-refractivity contribution is -0.112. The average Bonchev–Trinajstić information content (AvgIpc) is 2.84. The maximum absolute atomic E-state index is 12.3. The number of carbonyl (C=O) groups is 2. The summed E-state index contributed by atoms with van der Waals surface area (Å²) in [6.07, 6.45) is 4.67. The van der Waals surface area contributed by atoms with Gasteiger partial charge in [-0.3, -0.25) is 4.79 Å². The Bertz CT molecular complexity index is 1120. The number of benzene rings is 2.